The highest BCUT2D eigenvalue weighted by molar-refractivity contribution is 9.10. The number of benzene rings is 1. The molecule has 0 aliphatic carbocycles. The van der Waals surface area contributed by atoms with Crippen molar-refractivity contribution < 1.29 is 4.74 Å². The van der Waals surface area contributed by atoms with Gasteiger partial charge in [0.05, 0.1) is 6.10 Å². The van der Waals surface area contributed by atoms with Gasteiger partial charge < -0.3 is 10.5 Å². The van der Waals surface area contributed by atoms with Gasteiger partial charge in [-0.3, -0.25) is 0 Å². The average molecular weight is 230 g/mol. The Morgan fingerprint density at radius 2 is 2.00 bits per heavy atom. The lowest BCUT2D eigenvalue weighted by Gasteiger charge is -2.10. The van der Waals surface area contributed by atoms with E-state index in [0.717, 1.165) is 10.2 Å². The molecule has 3 heteroatoms. The van der Waals surface area contributed by atoms with Gasteiger partial charge in [-0.05, 0) is 26.0 Å². The second-order valence-corrected chi connectivity index (χ2v) is 3.80. The number of hydrogen-bond acceptors (Lipinski definition) is 2. The molecule has 2 N–H and O–H groups in total. The summed E-state index contributed by atoms with van der Waals surface area (Å²) in [5, 5.41) is 0. The molecule has 0 heterocycles. The van der Waals surface area contributed by atoms with Crippen LogP contribution in [0, 0.1) is 0 Å². The van der Waals surface area contributed by atoms with E-state index in [9.17, 15) is 0 Å². The molecule has 0 amide bonds. The first kappa shape index (κ1) is 9.39. The maximum absolute atomic E-state index is 5.63. The fourth-order valence-electron chi connectivity index (χ4n) is 0.925. The quantitative estimate of drug-likeness (QED) is 0.793. The van der Waals surface area contributed by atoms with Crippen molar-refractivity contribution in [2.45, 2.75) is 20.0 Å². The summed E-state index contributed by atoms with van der Waals surface area (Å²) in [6.07, 6.45) is 0.179. The zero-order valence-electron chi connectivity index (χ0n) is 7.17. The van der Waals surface area contributed by atoms with Crippen molar-refractivity contribution in [3.63, 3.8) is 0 Å². The number of rotatable bonds is 2. The minimum atomic E-state index is 0.179. The molecule has 0 aliphatic heterocycles. The Morgan fingerprint density at radius 3 is 2.50 bits per heavy atom. The smallest absolute Gasteiger partial charge is 0.122 e. The highest BCUT2D eigenvalue weighted by atomic mass is 79.9. The SMILES string of the molecule is CC(C)Oc1cc(N)cc(Br)c1. The second-order valence-electron chi connectivity index (χ2n) is 2.89. The molecular weight excluding hydrogens is 218 g/mol. The number of halogens is 1. The average Bonchev–Trinajstić information content (AvgIpc) is 1.81. The Morgan fingerprint density at radius 1 is 1.33 bits per heavy atom. The third-order valence-electron chi connectivity index (χ3n) is 1.27. The van der Waals surface area contributed by atoms with E-state index in [0.29, 0.717) is 5.69 Å². The van der Waals surface area contributed by atoms with Crippen LogP contribution in [-0.2, 0) is 0 Å². The highest BCUT2D eigenvalue weighted by Gasteiger charge is 1.99. The molecule has 0 radical (unpaired) electrons. The van der Waals surface area contributed by atoms with Gasteiger partial charge in [-0.25, -0.2) is 0 Å². The lowest BCUT2D eigenvalue weighted by molar-refractivity contribution is 0.242. The van der Waals surface area contributed by atoms with E-state index in [-0.39, 0.29) is 6.10 Å². The third-order valence-corrected chi connectivity index (χ3v) is 1.72. The molecular formula is C9H12BrNO. The van der Waals surface area contributed by atoms with E-state index in [1.54, 1.807) is 0 Å². The summed E-state index contributed by atoms with van der Waals surface area (Å²) < 4.78 is 6.41. The molecule has 0 atom stereocenters. The van der Waals surface area contributed by atoms with Crippen LogP contribution >= 0.6 is 15.9 Å². The Balaban J connectivity index is 2.85. The van der Waals surface area contributed by atoms with Crippen LogP contribution in [-0.4, -0.2) is 6.10 Å². The number of anilines is 1. The summed E-state index contributed by atoms with van der Waals surface area (Å²) in [6, 6.07) is 5.55. The molecule has 0 spiro atoms. The normalized spacial score (nSPS) is 10.3. The molecule has 1 aromatic rings. The fourth-order valence-corrected chi connectivity index (χ4v) is 1.41. The summed E-state index contributed by atoms with van der Waals surface area (Å²) in [6.45, 7) is 3.97. The van der Waals surface area contributed by atoms with Gasteiger partial charge in [0.15, 0.2) is 0 Å². The van der Waals surface area contributed by atoms with Gasteiger partial charge in [-0.15, -0.1) is 0 Å². The molecule has 0 aliphatic rings. The van der Waals surface area contributed by atoms with Gasteiger partial charge in [0, 0.05) is 16.2 Å². The predicted molar refractivity (Wildman–Crippen MR) is 54.3 cm³/mol. The highest BCUT2D eigenvalue weighted by Crippen LogP contribution is 2.23. The van der Waals surface area contributed by atoms with Crippen LogP contribution in [0.4, 0.5) is 5.69 Å². The summed E-state index contributed by atoms with van der Waals surface area (Å²) in [4.78, 5) is 0. The first-order chi connectivity index (χ1) is 5.58. The lowest BCUT2D eigenvalue weighted by Crippen LogP contribution is -2.05. The monoisotopic (exact) mass is 229 g/mol. The van der Waals surface area contributed by atoms with Crippen LogP contribution in [0.1, 0.15) is 13.8 Å². The van der Waals surface area contributed by atoms with Gasteiger partial charge in [-0.2, -0.15) is 0 Å². The summed E-state index contributed by atoms with van der Waals surface area (Å²) >= 11 is 3.34. The first-order valence-electron chi connectivity index (χ1n) is 3.80. The molecule has 0 fully saturated rings. The van der Waals surface area contributed by atoms with Crippen molar-refractivity contribution >= 4 is 21.6 Å². The maximum atomic E-state index is 5.63. The summed E-state index contributed by atoms with van der Waals surface area (Å²) in [5.74, 6) is 0.803. The standard InChI is InChI=1S/C9H12BrNO/c1-6(2)12-9-4-7(10)3-8(11)5-9/h3-6H,11H2,1-2H3. The van der Waals surface area contributed by atoms with Crippen LogP contribution < -0.4 is 10.5 Å². The molecule has 0 saturated heterocycles. The molecule has 0 bridgehead atoms. The van der Waals surface area contributed by atoms with Crippen molar-refractivity contribution in [1.29, 1.82) is 0 Å². The van der Waals surface area contributed by atoms with Crippen molar-refractivity contribution in [2.75, 3.05) is 5.73 Å². The van der Waals surface area contributed by atoms with E-state index in [2.05, 4.69) is 15.9 Å². The molecule has 0 saturated carbocycles. The molecule has 2 nitrogen and oxygen atoms in total. The Bertz CT molecular complexity index is 253. The Hall–Kier alpha value is -0.700. The Labute approximate surface area is 80.8 Å². The van der Waals surface area contributed by atoms with Gasteiger partial charge >= 0.3 is 0 Å². The fraction of sp³-hybridized carbons (Fsp3) is 0.333. The number of nitrogens with two attached hydrogens (primary N) is 1. The Kier molecular flexibility index (Phi) is 2.98. The number of ether oxygens (including phenoxy) is 1. The number of hydrogen-bond donors (Lipinski definition) is 1. The molecule has 1 rings (SSSR count). The van der Waals surface area contributed by atoms with Crippen LogP contribution in [0.2, 0.25) is 0 Å². The number of nitrogen functional groups attached to an aromatic ring is 1. The van der Waals surface area contributed by atoms with Gasteiger partial charge in [0.1, 0.15) is 5.75 Å². The summed E-state index contributed by atoms with van der Waals surface area (Å²) in [7, 11) is 0. The van der Waals surface area contributed by atoms with Crippen LogP contribution in [0.5, 0.6) is 5.75 Å². The van der Waals surface area contributed by atoms with Gasteiger partial charge in [0.2, 0.25) is 0 Å². The minimum Gasteiger partial charge on any atom is -0.491 e. The first-order valence-corrected chi connectivity index (χ1v) is 4.60. The van der Waals surface area contributed by atoms with E-state index in [1.807, 2.05) is 32.0 Å². The van der Waals surface area contributed by atoms with Gasteiger partial charge in [-0.1, -0.05) is 15.9 Å². The van der Waals surface area contributed by atoms with Gasteiger partial charge in [0.25, 0.3) is 0 Å². The van der Waals surface area contributed by atoms with E-state index in [1.165, 1.54) is 0 Å². The zero-order chi connectivity index (χ0) is 9.14. The molecule has 66 valence electrons. The van der Waals surface area contributed by atoms with Crippen LogP contribution in [0.3, 0.4) is 0 Å². The molecule has 0 aromatic heterocycles. The van der Waals surface area contributed by atoms with Crippen LogP contribution in [0.25, 0.3) is 0 Å². The largest absolute Gasteiger partial charge is 0.491 e. The van der Waals surface area contributed by atoms with Crippen molar-refractivity contribution in [3.8, 4) is 5.75 Å². The van der Waals surface area contributed by atoms with Crippen molar-refractivity contribution in [1.82, 2.24) is 0 Å². The maximum Gasteiger partial charge on any atom is 0.122 e. The third kappa shape index (κ3) is 2.74. The second kappa shape index (κ2) is 3.81. The van der Waals surface area contributed by atoms with E-state index >= 15 is 0 Å². The van der Waals surface area contributed by atoms with Crippen LogP contribution in [0.15, 0.2) is 22.7 Å². The summed E-state index contributed by atoms with van der Waals surface area (Å²) in [5.41, 5.74) is 6.33. The minimum absolute atomic E-state index is 0.179. The topological polar surface area (TPSA) is 35.2 Å². The van der Waals surface area contributed by atoms with Crippen molar-refractivity contribution in [2.24, 2.45) is 0 Å². The molecule has 1 aromatic carbocycles. The lowest BCUT2D eigenvalue weighted by atomic mass is 10.3. The predicted octanol–water partition coefficient (Wildman–Crippen LogP) is 2.82. The molecule has 12 heavy (non-hydrogen) atoms. The molecule has 0 unspecified atom stereocenters. The van der Waals surface area contributed by atoms with E-state index < -0.39 is 0 Å². The van der Waals surface area contributed by atoms with Crippen molar-refractivity contribution in [3.05, 3.63) is 22.7 Å². The zero-order valence-corrected chi connectivity index (χ0v) is 8.76. The van der Waals surface area contributed by atoms with E-state index in [4.69, 9.17) is 10.5 Å².